The maximum atomic E-state index is 12.2. The molecule has 1 saturated carbocycles. The zero-order valence-corrected chi connectivity index (χ0v) is 11.6. The van der Waals surface area contributed by atoms with Gasteiger partial charge in [0.15, 0.2) is 5.03 Å². The summed E-state index contributed by atoms with van der Waals surface area (Å²) in [5.74, 6) is -0.488. The van der Waals surface area contributed by atoms with Crippen molar-refractivity contribution < 1.29 is 18.0 Å². The summed E-state index contributed by atoms with van der Waals surface area (Å²) in [6, 6.07) is 3.00. The minimum Gasteiger partial charge on any atom is -0.299 e. The van der Waals surface area contributed by atoms with Gasteiger partial charge in [-0.1, -0.05) is 0 Å². The summed E-state index contributed by atoms with van der Waals surface area (Å²) in [5.41, 5.74) is 0.116. The highest BCUT2D eigenvalue weighted by molar-refractivity contribution is 7.90. The number of carbonyl (C=O) groups is 2. The summed E-state index contributed by atoms with van der Waals surface area (Å²) >= 11 is 0. The normalized spacial score (nSPS) is 24.2. The molecule has 0 spiro atoms. The molecule has 106 valence electrons. The second-order valence-corrected chi connectivity index (χ2v) is 6.86. The van der Waals surface area contributed by atoms with E-state index >= 15 is 0 Å². The van der Waals surface area contributed by atoms with Crippen LogP contribution in [0.3, 0.4) is 0 Å². The van der Waals surface area contributed by atoms with Gasteiger partial charge in [0.05, 0.1) is 5.56 Å². The number of Topliss-reactive ketones (excluding diaryl/α,β-unsaturated/α-hetero) is 1. The molecule has 1 unspecified atom stereocenters. The molecule has 7 heteroatoms. The first-order chi connectivity index (χ1) is 9.51. The van der Waals surface area contributed by atoms with Crippen LogP contribution in [0.15, 0.2) is 23.4 Å². The van der Waals surface area contributed by atoms with Gasteiger partial charge in [0.25, 0.3) is 15.9 Å². The van der Waals surface area contributed by atoms with E-state index in [-0.39, 0.29) is 28.8 Å². The van der Waals surface area contributed by atoms with Crippen molar-refractivity contribution in [1.29, 1.82) is 0 Å². The van der Waals surface area contributed by atoms with Crippen LogP contribution in [0.25, 0.3) is 0 Å². The van der Waals surface area contributed by atoms with Crippen molar-refractivity contribution in [2.24, 2.45) is 5.92 Å². The Morgan fingerprint density at radius 1 is 1.35 bits per heavy atom. The zero-order valence-electron chi connectivity index (χ0n) is 10.8. The lowest BCUT2D eigenvalue weighted by Gasteiger charge is -2.16. The average molecular weight is 294 g/mol. The third-order valence-corrected chi connectivity index (χ3v) is 5.62. The highest BCUT2D eigenvalue weighted by Gasteiger charge is 2.42. The fourth-order valence-electron chi connectivity index (χ4n) is 2.79. The smallest absolute Gasteiger partial charge is 0.285 e. The molecule has 1 aliphatic carbocycles. The Morgan fingerprint density at radius 3 is 2.80 bits per heavy atom. The number of rotatable bonds is 3. The van der Waals surface area contributed by atoms with E-state index in [1.54, 1.807) is 0 Å². The Morgan fingerprint density at radius 2 is 2.15 bits per heavy atom. The highest BCUT2D eigenvalue weighted by atomic mass is 32.2. The minimum atomic E-state index is -3.84. The predicted octanol–water partition coefficient (Wildman–Crippen LogP) is 0.985. The number of fused-ring (bicyclic) bond motifs is 1. The van der Waals surface area contributed by atoms with E-state index in [1.165, 1.54) is 18.3 Å². The molecular weight excluding hydrogens is 280 g/mol. The van der Waals surface area contributed by atoms with E-state index in [2.05, 4.69) is 4.98 Å². The quantitative estimate of drug-likeness (QED) is 0.830. The minimum absolute atomic E-state index is 0.0495. The molecule has 1 amide bonds. The predicted molar refractivity (Wildman–Crippen MR) is 69.4 cm³/mol. The number of pyridine rings is 1. The van der Waals surface area contributed by atoms with Gasteiger partial charge >= 0.3 is 0 Å². The first-order valence-corrected chi connectivity index (χ1v) is 8.00. The van der Waals surface area contributed by atoms with Crippen molar-refractivity contribution >= 4 is 21.7 Å². The molecule has 2 aliphatic rings. The molecule has 1 atom stereocenters. The van der Waals surface area contributed by atoms with Gasteiger partial charge in [0.2, 0.25) is 0 Å². The number of sulfonamides is 1. The van der Waals surface area contributed by atoms with Gasteiger partial charge in [-0.25, -0.2) is 9.29 Å². The Bertz CT molecular complexity index is 683. The summed E-state index contributed by atoms with van der Waals surface area (Å²) in [4.78, 5) is 27.5. The molecule has 1 aromatic heterocycles. The molecular formula is C13H14N2O4S. The number of hydrogen-bond donors (Lipinski definition) is 0. The molecule has 20 heavy (non-hydrogen) atoms. The average Bonchev–Trinajstić information content (AvgIpc) is 2.91. The first kappa shape index (κ1) is 13.2. The highest BCUT2D eigenvalue weighted by Crippen LogP contribution is 2.30. The lowest BCUT2D eigenvalue weighted by atomic mass is 10.0. The number of aromatic nitrogens is 1. The van der Waals surface area contributed by atoms with Crippen molar-refractivity contribution in [3.05, 3.63) is 23.9 Å². The summed E-state index contributed by atoms with van der Waals surface area (Å²) in [6.07, 6.45) is 3.96. The molecule has 0 bridgehead atoms. The summed E-state index contributed by atoms with van der Waals surface area (Å²) < 4.78 is 25.3. The lowest BCUT2D eigenvalue weighted by Crippen LogP contribution is -2.32. The molecule has 1 aromatic rings. The molecule has 3 rings (SSSR count). The van der Waals surface area contributed by atoms with Crippen LogP contribution in [-0.4, -0.2) is 35.9 Å². The van der Waals surface area contributed by atoms with Gasteiger partial charge < -0.3 is 0 Å². The SMILES string of the molecule is O=C1CCCC1CCN1C(=O)c2cccnc2S1(=O)=O. The number of nitrogens with zero attached hydrogens (tertiary/aromatic N) is 2. The molecule has 1 aliphatic heterocycles. The Kier molecular flexibility index (Phi) is 3.08. The monoisotopic (exact) mass is 294 g/mol. The van der Waals surface area contributed by atoms with E-state index < -0.39 is 15.9 Å². The molecule has 0 aromatic carbocycles. The van der Waals surface area contributed by atoms with Gasteiger partial charge in [0, 0.05) is 25.1 Å². The fourth-order valence-corrected chi connectivity index (χ4v) is 4.29. The molecule has 0 radical (unpaired) electrons. The van der Waals surface area contributed by atoms with Crippen molar-refractivity contribution in [3.8, 4) is 0 Å². The van der Waals surface area contributed by atoms with Crippen LogP contribution in [0.4, 0.5) is 0 Å². The van der Waals surface area contributed by atoms with Gasteiger partial charge in [-0.05, 0) is 31.4 Å². The molecule has 0 N–H and O–H groups in total. The second kappa shape index (κ2) is 4.66. The summed E-state index contributed by atoms with van der Waals surface area (Å²) in [5, 5.41) is -0.178. The maximum Gasteiger partial charge on any atom is 0.285 e. The van der Waals surface area contributed by atoms with E-state index in [9.17, 15) is 18.0 Å². The lowest BCUT2D eigenvalue weighted by molar-refractivity contribution is -0.120. The standard InChI is InChI=1S/C13H14N2O4S/c16-11-5-1-3-9(11)6-8-15-13(17)10-4-2-7-14-12(10)20(15,18)19/h2,4,7,9H,1,3,5-6,8H2. The van der Waals surface area contributed by atoms with Crippen LogP contribution >= 0.6 is 0 Å². The zero-order chi connectivity index (χ0) is 14.3. The van der Waals surface area contributed by atoms with Crippen molar-refractivity contribution in [3.63, 3.8) is 0 Å². The van der Waals surface area contributed by atoms with Crippen LogP contribution in [-0.2, 0) is 14.8 Å². The van der Waals surface area contributed by atoms with Crippen molar-refractivity contribution in [1.82, 2.24) is 9.29 Å². The van der Waals surface area contributed by atoms with Crippen molar-refractivity contribution in [2.75, 3.05) is 6.54 Å². The van der Waals surface area contributed by atoms with Crippen LogP contribution in [0.1, 0.15) is 36.0 Å². The van der Waals surface area contributed by atoms with E-state index in [4.69, 9.17) is 0 Å². The Hall–Kier alpha value is -1.76. The molecule has 0 saturated heterocycles. The van der Waals surface area contributed by atoms with Crippen LogP contribution < -0.4 is 0 Å². The number of hydrogen-bond acceptors (Lipinski definition) is 5. The summed E-state index contributed by atoms with van der Waals surface area (Å²) in [6.45, 7) is 0.0495. The molecule has 2 heterocycles. The first-order valence-electron chi connectivity index (χ1n) is 6.56. The van der Waals surface area contributed by atoms with Crippen LogP contribution in [0.2, 0.25) is 0 Å². The van der Waals surface area contributed by atoms with Gasteiger partial charge in [-0.3, -0.25) is 9.59 Å². The summed E-state index contributed by atoms with van der Waals surface area (Å²) in [7, 11) is -3.84. The number of amides is 1. The third kappa shape index (κ3) is 1.93. The van der Waals surface area contributed by atoms with E-state index in [0.29, 0.717) is 12.8 Å². The molecule has 6 nitrogen and oxygen atoms in total. The topological polar surface area (TPSA) is 84.4 Å². The van der Waals surface area contributed by atoms with E-state index in [0.717, 1.165) is 17.1 Å². The largest absolute Gasteiger partial charge is 0.299 e. The van der Waals surface area contributed by atoms with Crippen LogP contribution in [0, 0.1) is 5.92 Å². The van der Waals surface area contributed by atoms with Crippen LogP contribution in [0.5, 0.6) is 0 Å². The fraction of sp³-hybridized carbons (Fsp3) is 0.462. The Labute approximate surface area is 116 Å². The number of carbonyl (C=O) groups excluding carboxylic acids is 2. The van der Waals surface area contributed by atoms with Crippen molar-refractivity contribution in [2.45, 2.75) is 30.7 Å². The number of ketones is 1. The van der Waals surface area contributed by atoms with Gasteiger partial charge in [0.1, 0.15) is 5.78 Å². The third-order valence-electron chi connectivity index (χ3n) is 3.87. The second-order valence-electron chi connectivity index (χ2n) is 5.08. The molecule has 1 fully saturated rings. The van der Waals surface area contributed by atoms with Gasteiger partial charge in [-0.2, -0.15) is 8.42 Å². The van der Waals surface area contributed by atoms with E-state index in [1.807, 2.05) is 0 Å². The Balaban J connectivity index is 1.82. The maximum absolute atomic E-state index is 12.2. The van der Waals surface area contributed by atoms with Gasteiger partial charge in [-0.15, -0.1) is 0 Å².